The van der Waals surface area contributed by atoms with Crippen LogP contribution in [0.15, 0.2) is 36.4 Å². The lowest BCUT2D eigenvalue weighted by Crippen LogP contribution is -2.12. The van der Waals surface area contributed by atoms with Crippen molar-refractivity contribution in [3.05, 3.63) is 36.4 Å². The van der Waals surface area contributed by atoms with Crippen LogP contribution in [0.4, 0.5) is 0 Å². The topological polar surface area (TPSA) is 68.0 Å². The Hall–Kier alpha value is -2.01. The van der Waals surface area contributed by atoms with Crippen LogP contribution in [0.1, 0.15) is 95.2 Å². The predicted molar refractivity (Wildman–Crippen MR) is 119 cm³/mol. The molecule has 0 radical (unpaired) electrons. The second-order valence-electron chi connectivity index (χ2n) is 7.90. The summed E-state index contributed by atoms with van der Waals surface area (Å²) >= 11 is 0. The van der Waals surface area contributed by atoms with E-state index in [-0.39, 0.29) is 12.0 Å². The number of unbranched alkanes of at least 4 members (excludes halogenated alkanes) is 8. The smallest absolute Gasteiger partial charge is 0.248 e. The van der Waals surface area contributed by atoms with Crippen molar-refractivity contribution in [1.82, 2.24) is 15.0 Å². The Labute approximate surface area is 175 Å². The van der Waals surface area contributed by atoms with Crippen molar-refractivity contribution >= 4 is 16.9 Å². The molecule has 1 aromatic carbocycles. The van der Waals surface area contributed by atoms with Crippen molar-refractivity contribution in [2.75, 3.05) is 0 Å². The van der Waals surface area contributed by atoms with Gasteiger partial charge < -0.3 is 5.11 Å². The molecule has 2 rings (SSSR count). The van der Waals surface area contributed by atoms with E-state index in [2.05, 4.69) is 29.4 Å². The monoisotopic (exact) mass is 399 g/mol. The highest BCUT2D eigenvalue weighted by atomic mass is 16.3. The van der Waals surface area contributed by atoms with Crippen LogP contribution in [0, 0.1) is 0 Å². The van der Waals surface area contributed by atoms with Crippen molar-refractivity contribution in [3.63, 3.8) is 0 Å². The van der Waals surface area contributed by atoms with Gasteiger partial charge in [0.15, 0.2) is 0 Å². The Bertz CT molecular complexity index is 739. The zero-order valence-corrected chi connectivity index (χ0v) is 17.9. The number of nitrogens with zero attached hydrogens (tertiary/aromatic N) is 3. The number of aliphatic hydroxyl groups excluding tert-OH is 1. The Morgan fingerprint density at radius 2 is 1.79 bits per heavy atom. The number of para-hydroxylation sites is 1. The summed E-state index contributed by atoms with van der Waals surface area (Å²) in [6.07, 6.45) is 17.8. The number of aromatic nitrogens is 3. The van der Waals surface area contributed by atoms with Crippen LogP contribution in [-0.2, 0) is 0 Å². The van der Waals surface area contributed by atoms with Crippen LogP contribution >= 0.6 is 0 Å². The lowest BCUT2D eigenvalue weighted by Gasteiger charge is -2.07. The molecule has 0 saturated carbocycles. The van der Waals surface area contributed by atoms with Crippen LogP contribution < -0.4 is 0 Å². The van der Waals surface area contributed by atoms with Gasteiger partial charge in [0.25, 0.3) is 0 Å². The first kappa shape index (κ1) is 23.3. The van der Waals surface area contributed by atoms with Gasteiger partial charge in [0, 0.05) is 6.42 Å². The van der Waals surface area contributed by atoms with Crippen molar-refractivity contribution in [3.8, 4) is 0 Å². The van der Waals surface area contributed by atoms with Gasteiger partial charge in [-0.25, -0.2) is 0 Å². The van der Waals surface area contributed by atoms with Crippen LogP contribution in [0.2, 0.25) is 0 Å². The van der Waals surface area contributed by atoms with Gasteiger partial charge in [-0.1, -0.05) is 81.4 Å². The average Bonchev–Trinajstić information content (AvgIpc) is 3.16. The van der Waals surface area contributed by atoms with Gasteiger partial charge in [-0.3, -0.25) is 4.79 Å². The quantitative estimate of drug-likeness (QED) is 0.291. The number of hydrogen-bond donors (Lipinski definition) is 1. The SMILES string of the molecule is CCCCCCC(O)C/C=C\CCCCCCCC(=O)n1nnc2ccccc21. The van der Waals surface area contributed by atoms with Gasteiger partial charge in [-0.2, -0.15) is 4.68 Å². The molecule has 1 atom stereocenters. The zero-order valence-electron chi connectivity index (χ0n) is 17.9. The van der Waals surface area contributed by atoms with Crippen LogP contribution in [-0.4, -0.2) is 32.1 Å². The minimum Gasteiger partial charge on any atom is -0.393 e. The summed E-state index contributed by atoms with van der Waals surface area (Å²) in [5.41, 5.74) is 1.55. The normalized spacial score (nSPS) is 12.8. The molecule has 160 valence electrons. The minimum atomic E-state index is -0.178. The number of carbonyl (C=O) groups excluding carboxylic acids is 1. The average molecular weight is 400 g/mol. The molecule has 0 spiro atoms. The molecule has 1 heterocycles. The first-order chi connectivity index (χ1) is 14.2. The summed E-state index contributed by atoms with van der Waals surface area (Å²) in [6, 6.07) is 7.55. The maximum Gasteiger partial charge on any atom is 0.248 e. The molecule has 0 bridgehead atoms. The Morgan fingerprint density at radius 1 is 1.03 bits per heavy atom. The highest BCUT2D eigenvalue weighted by Gasteiger charge is 2.10. The maximum atomic E-state index is 12.3. The Morgan fingerprint density at radius 3 is 2.66 bits per heavy atom. The van der Waals surface area contributed by atoms with Gasteiger partial charge in [0.1, 0.15) is 5.52 Å². The van der Waals surface area contributed by atoms with E-state index in [0.29, 0.717) is 6.42 Å². The molecule has 1 N–H and O–H groups in total. The molecule has 0 amide bonds. The number of fused-ring (bicyclic) bond motifs is 1. The fourth-order valence-corrected chi connectivity index (χ4v) is 3.52. The molecule has 1 aromatic heterocycles. The second-order valence-corrected chi connectivity index (χ2v) is 7.90. The highest BCUT2D eigenvalue weighted by Crippen LogP contribution is 2.13. The number of rotatable bonds is 15. The molecule has 0 fully saturated rings. The van der Waals surface area contributed by atoms with E-state index in [4.69, 9.17) is 0 Å². The number of carbonyl (C=O) groups is 1. The molecule has 0 aliphatic rings. The number of allylic oxidation sites excluding steroid dienone is 1. The van der Waals surface area contributed by atoms with Crippen molar-refractivity contribution < 1.29 is 9.90 Å². The third-order valence-electron chi connectivity index (χ3n) is 5.32. The van der Waals surface area contributed by atoms with Gasteiger partial charge in [0.05, 0.1) is 11.6 Å². The van der Waals surface area contributed by atoms with E-state index >= 15 is 0 Å². The zero-order chi connectivity index (χ0) is 20.7. The molecular formula is C24H37N3O2. The van der Waals surface area contributed by atoms with Gasteiger partial charge in [-0.15, -0.1) is 5.10 Å². The molecule has 5 heteroatoms. The lowest BCUT2D eigenvalue weighted by molar-refractivity contribution is 0.0886. The molecule has 0 aliphatic carbocycles. The summed E-state index contributed by atoms with van der Waals surface area (Å²) in [5.74, 6) is 0.0230. The van der Waals surface area contributed by atoms with Crippen LogP contribution in [0.3, 0.4) is 0 Å². The third-order valence-corrected chi connectivity index (χ3v) is 5.32. The minimum absolute atomic E-state index is 0.0230. The molecule has 5 nitrogen and oxygen atoms in total. The summed E-state index contributed by atoms with van der Waals surface area (Å²) in [6.45, 7) is 2.21. The molecule has 1 unspecified atom stereocenters. The van der Waals surface area contributed by atoms with Gasteiger partial charge in [-0.05, 0) is 44.2 Å². The molecule has 0 saturated heterocycles. The third kappa shape index (κ3) is 8.90. The molecule has 2 aromatic rings. The van der Waals surface area contributed by atoms with Crippen LogP contribution in [0.25, 0.3) is 11.0 Å². The van der Waals surface area contributed by atoms with E-state index in [9.17, 15) is 9.90 Å². The Balaban J connectivity index is 1.46. The first-order valence-corrected chi connectivity index (χ1v) is 11.4. The largest absolute Gasteiger partial charge is 0.393 e. The van der Waals surface area contributed by atoms with Gasteiger partial charge >= 0.3 is 0 Å². The van der Waals surface area contributed by atoms with E-state index in [1.165, 1.54) is 36.8 Å². The van der Waals surface area contributed by atoms with E-state index in [1.807, 2.05) is 24.3 Å². The van der Waals surface area contributed by atoms with Crippen LogP contribution in [0.5, 0.6) is 0 Å². The Kier molecular flexibility index (Phi) is 11.3. The first-order valence-electron chi connectivity index (χ1n) is 11.4. The highest BCUT2D eigenvalue weighted by molar-refractivity contribution is 5.88. The molecule has 0 aliphatic heterocycles. The van der Waals surface area contributed by atoms with Crippen molar-refractivity contribution in [2.45, 2.75) is 96.5 Å². The standard InChI is InChI=1S/C24H37N3O2/c1-2-3-4-11-16-21(28)17-12-9-7-5-6-8-10-13-20-24(29)27-23-19-15-14-18-22(23)25-26-27/h9,12,14-15,18-19,21,28H,2-8,10-11,13,16-17,20H2,1H3/b12-9-. The predicted octanol–water partition coefficient (Wildman–Crippen LogP) is 6.08. The molecular weight excluding hydrogens is 362 g/mol. The number of aliphatic hydroxyl groups is 1. The van der Waals surface area contributed by atoms with Crippen molar-refractivity contribution in [1.29, 1.82) is 0 Å². The van der Waals surface area contributed by atoms with Crippen molar-refractivity contribution in [2.24, 2.45) is 0 Å². The van der Waals surface area contributed by atoms with E-state index in [1.54, 1.807) is 0 Å². The summed E-state index contributed by atoms with van der Waals surface area (Å²) in [4.78, 5) is 12.3. The fourth-order valence-electron chi connectivity index (χ4n) is 3.52. The lowest BCUT2D eigenvalue weighted by atomic mass is 10.1. The summed E-state index contributed by atoms with van der Waals surface area (Å²) in [5, 5.41) is 17.9. The van der Waals surface area contributed by atoms with E-state index in [0.717, 1.165) is 56.0 Å². The van der Waals surface area contributed by atoms with E-state index < -0.39 is 0 Å². The maximum absolute atomic E-state index is 12.3. The molecule has 29 heavy (non-hydrogen) atoms. The number of benzene rings is 1. The second kappa shape index (κ2) is 14.0. The summed E-state index contributed by atoms with van der Waals surface area (Å²) < 4.78 is 1.43. The fraction of sp³-hybridized carbons (Fsp3) is 0.625. The summed E-state index contributed by atoms with van der Waals surface area (Å²) in [7, 11) is 0. The van der Waals surface area contributed by atoms with Gasteiger partial charge in [0.2, 0.25) is 5.91 Å². The number of hydrogen-bond acceptors (Lipinski definition) is 4.